The van der Waals surface area contributed by atoms with Crippen molar-refractivity contribution in [1.82, 2.24) is 5.32 Å². The van der Waals surface area contributed by atoms with Gasteiger partial charge < -0.3 is 5.32 Å². The number of hydrogen-bond donors (Lipinski definition) is 1. The zero-order valence-electron chi connectivity index (χ0n) is 12.2. The Kier molecular flexibility index (Phi) is 7.82. The molecule has 0 heterocycles. The van der Waals surface area contributed by atoms with Gasteiger partial charge in [0.1, 0.15) is 5.82 Å². The van der Waals surface area contributed by atoms with E-state index in [1.54, 1.807) is 0 Å². The summed E-state index contributed by atoms with van der Waals surface area (Å²) in [7, 11) is 0. The van der Waals surface area contributed by atoms with E-state index >= 15 is 0 Å². The second-order valence-electron chi connectivity index (χ2n) is 5.48. The van der Waals surface area contributed by atoms with Gasteiger partial charge in [0, 0.05) is 11.0 Å². The van der Waals surface area contributed by atoms with Crippen LogP contribution in [-0.4, -0.2) is 12.5 Å². The van der Waals surface area contributed by atoms with E-state index < -0.39 is 0 Å². The van der Waals surface area contributed by atoms with Crippen molar-refractivity contribution in [3.63, 3.8) is 0 Å². The lowest BCUT2D eigenvalue weighted by molar-refractivity contribution is 0.0952. The van der Waals surface area contributed by atoms with Gasteiger partial charge in [-0.2, -0.15) is 0 Å². The van der Waals surface area contributed by atoms with Crippen molar-refractivity contribution in [2.24, 2.45) is 5.92 Å². The van der Waals surface area contributed by atoms with Gasteiger partial charge in [0.2, 0.25) is 0 Å². The molecule has 0 atom stereocenters. The number of carbonyl (C=O) groups excluding carboxylic acids is 1. The van der Waals surface area contributed by atoms with E-state index in [0.29, 0.717) is 16.6 Å². The highest BCUT2D eigenvalue weighted by Gasteiger charge is 2.09. The molecule has 2 nitrogen and oxygen atoms in total. The molecule has 1 aromatic rings. The van der Waals surface area contributed by atoms with Gasteiger partial charge in [-0.25, -0.2) is 4.39 Å². The minimum atomic E-state index is -0.349. The van der Waals surface area contributed by atoms with Crippen molar-refractivity contribution < 1.29 is 9.18 Å². The Labute approximate surface area is 129 Å². The van der Waals surface area contributed by atoms with Crippen LogP contribution in [0.2, 0.25) is 0 Å². The molecule has 1 aromatic carbocycles. The molecule has 0 spiro atoms. The Morgan fingerprint density at radius 1 is 1.25 bits per heavy atom. The van der Waals surface area contributed by atoms with Crippen LogP contribution in [0.3, 0.4) is 0 Å². The van der Waals surface area contributed by atoms with E-state index in [-0.39, 0.29) is 11.7 Å². The van der Waals surface area contributed by atoms with Crippen LogP contribution in [0, 0.1) is 11.7 Å². The molecule has 112 valence electrons. The van der Waals surface area contributed by atoms with Crippen LogP contribution < -0.4 is 5.32 Å². The number of rotatable bonds is 8. The maximum Gasteiger partial charge on any atom is 0.252 e. The minimum absolute atomic E-state index is 0.154. The number of carbonyl (C=O) groups is 1. The standard InChI is InChI=1S/C16H23BrFNO/c1-12(2)7-5-3-4-6-10-19-16(20)14-9-8-13(18)11-15(14)17/h8-9,11-12H,3-7,10H2,1-2H3,(H,19,20). The average molecular weight is 344 g/mol. The third-order valence-electron chi connectivity index (χ3n) is 3.17. The zero-order valence-corrected chi connectivity index (χ0v) is 13.8. The van der Waals surface area contributed by atoms with E-state index in [0.717, 1.165) is 18.8 Å². The normalized spacial score (nSPS) is 10.8. The quantitative estimate of drug-likeness (QED) is 0.666. The number of hydrogen-bond acceptors (Lipinski definition) is 1. The molecule has 0 aliphatic carbocycles. The molecule has 1 N–H and O–H groups in total. The largest absolute Gasteiger partial charge is 0.352 e. The first-order valence-electron chi connectivity index (χ1n) is 7.24. The number of halogens is 2. The smallest absolute Gasteiger partial charge is 0.252 e. The SMILES string of the molecule is CC(C)CCCCCCNC(=O)c1ccc(F)cc1Br. The van der Waals surface area contributed by atoms with Crippen molar-refractivity contribution in [2.45, 2.75) is 46.0 Å². The van der Waals surface area contributed by atoms with Crippen molar-refractivity contribution in [1.29, 1.82) is 0 Å². The topological polar surface area (TPSA) is 29.1 Å². The molecule has 1 amide bonds. The maximum absolute atomic E-state index is 12.9. The number of amides is 1. The van der Waals surface area contributed by atoms with Crippen LogP contribution in [0.15, 0.2) is 22.7 Å². The summed E-state index contributed by atoms with van der Waals surface area (Å²) in [5.74, 6) is 0.267. The van der Waals surface area contributed by atoms with Crippen molar-refractivity contribution >= 4 is 21.8 Å². The highest BCUT2D eigenvalue weighted by atomic mass is 79.9. The molecular formula is C16H23BrFNO. The molecule has 0 aromatic heterocycles. The van der Waals surface area contributed by atoms with Gasteiger partial charge in [0.25, 0.3) is 5.91 Å². The first-order valence-corrected chi connectivity index (χ1v) is 8.03. The molecule has 0 bridgehead atoms. The Bertz CT molecular complexity index is 434. The predicted octanol–water partition coefficient (Wildman–Crippen LogP) is 4.92. The van der Waals surface area contributed by atoms with Gasteiger partial charge in [0.15, 0.2) is 0 Å². The van der Waals surface area contributed by atoms with Crippen molar-refractivity contribution in [3.05, 3.63) is 34.1 Å². The van der Waals surface area contributed by atoms with Crippen LogP contribution >= 0.6 is 15.9 Å². The van der Waals surface area contributed by atoms with Crippen molar-refractivity contribution in [3.8, 4) is 0 Å². The number of benzene rings is 1. The summed E-state index contributed by atoms with van der Waals surface area (Å²) in [5, 5.41) is 2.87. The Hall–Kier alpha value is -0.900. The molecule has 0 saturated carbocycles. The van der Waals surface area contributed by atoms with E-state index in [4.69, 9.17) is 0 Å². The summed E-state index contributed by atoms with van der Waals surface area (Å²) in [6, 6.07) is 4.10. The van der Waals surface area contributed by atoms with Crippen LogP contribution in [0.25, 0.3) is 0 Å². The fraction of sp³-hybridized carbons (Fsp3) is 0.562. The second-order valence-corrected chi connectivity index (χ2v) is 6.33. The van der Waals surface area contributed by atoms with Crippen LogP contribution in [-0.2, 0) is 0 Å². The van der Waals surface area contributed by atoms with E-state index in [1.165, 1.54) is 37.5 Å². The molecule has 4 heteroatoms. The summed E-state index contributed by atoms with van der Waals surface area (Å²) in [4.78, 5) is 11.9. The minimum Gasteiger partial charge on any atom is -0.352 e. The van der Waals surface area contributed by atoms with Gasteiger partial charge in [-0.3, -0.25) is 4.79 Å². The average Bonchev–Trinajstić information content (AvgIpc) is 2.37. The van der Waals surface area contributed by atoms with Gasteiger partial charge in [-0.05, 0) is 46.5 Å². The molecule has 0 fully saturated rings. The lowest BCUT2D eigenvalue weighted by Gasteiger charge is -2.07. The van der Waals surface area contributed by atoms with Gasteiger partial charge >= 0.3 is 0 Å². The van der Waals surface area contributed by atoms with Gasteiger partial charge in [0.05, 0.1) is 5.56 Å². The molecule has 0 aliphatic rings. The first kappa shape index (κ1) is 17.2. The summed E-state index contributed by atoms with van der Waals surface area (Å²) in [5.41, 5.74) is 0.478. The lowest BCUT2D eigenvalue weighted by Crippen LogP contribution is -2.24. The fourth-order valence-electron chi connectivity index (χ4n) is 2.00. The Morgan fingerprint density at radius 2 is 1.95 bits per heavy atom. The second kappa shape index (κ2) is 9.11. The van der Waals surface area contributed by atoms with E-state index in [9.17, 15) is 9.18 Å². The van der Waals surface area contributed by atoms with Gasteiger partial charge in [-0.1, -0.05) is 39.5 Å². The van der Waals surface area contributed by atoms with Gasteiger partial charge in [-0.15, -0.1) is 0 Å². The summed E-state index contributed by atoms with van der Waals surface area (Å²) >= 11 is 3.20. The third-order valence-corrected chi connectivity index (χ3v) is 3.83. The van der Waals surface area contributed by atoms with Crippen molar-refractivity contribution in [2.75, 3.05) is 6.54 Å². The molecule has 1 rings (SSSR count). The zero-order chi connectivity index (χ0) is 15.0. The highest BCUT2D eigenvalue weighted by molar-refractivity contribution is 9.10. The lowest BCUT2D eigenvalue weighted by atomic mass is 10.0. The Balaban J connectivity index is 2.20. The molecule has 20 heavy (non-hydrogen) atoms. The molecular weight excluding hydrogens is 321 g/mol. The maximum atomic E-state index is 12.9. The number of nitrogens with one attached hydrogen (secondary N) is 1. The monoisotopic (exact) mass is 343 g/mol. The summed E-state index contributed by atoms with van der Waals surface area (Å²) < 4.78 is 13.4. The predicted molar refractivity (Wildman–Crippen MR) is 84.4 cm³/mol. The molecule has 0 saturated heterocycles. The molecule has 0 aliphatic heterocycles. The van der Waals surface area contributed by atoms with E-state index in [1.807, 2.05) is 0 Å². The number of unbranched alkanes of at least 4 members (excludes halogenated alkanes) is 3. The van der Waals surface area contributed by atoms with Crippen LogP contribution in [0.5, 0.6) is 0 Å². The van der Waals surface area contributed by atoms with E-state index in [2.05, 4.69) is 35.1 Å². The summed E-state index contributed by atoms with van der Waals surface area (Å²) in [6.45, 7) is 5.14. The highest BCUT2D eigenvalue weighted by Crippen LogP contribution is 2.17. The van der Waals surface area contributed by atoms with Crippen LogP contribution in [0.1, 0.15) is 56.3 Å². The Morgan fingerprint density at radius 3 is 2.60 bits per heavy atom. The molecule has 0 unspecified atom stereocenters. The molecule has 0 radical (unpaired) electrons. The van der Waals surface area contributed by atoms with Crippen LogP contribution in [0.4, 0.5) is 4.39 Å². The summed E-state index contributed by atoms with van der Waals surface area (Å²) in [6.07, 6.45) is 5.87. The third kappa shape index (κ3) is 6.51. The first-order chi connectivity index (χ1) is 9.50. The fourth-order valence-corrected chi connectivity index (χ4v) is 2.53.